The van der Waals surface area contributed by atoms with Gasteiger partial charge in [-0.2, -0.15) is 0 Å². The van der Waals surface area contributed by atoms with Crippen molar-refractivity contribution in [3.05, 3.63) is 0 Å². The van der Waals surface area contributed by atoms with E-state index in [1.165, 1.54) is 32.4 Å². The predicted molar refractivity (Wildman–Crippen MR) is 61.8 cm³/mol. The van der Waals surface area contributed by atoms with Gasteiger partial charge in [0.05, 0.1) is 8.41 Å². The van der Waals surface area contributed by atoms with E-state index in [1.807, 2.05) is 0 Å². The smallest absolute Gasteiger partial charge is 0.0814 e. The van der Waals surface area contributed by atoms with Crippen molar-refractivity contribution < 1.29 is 0 Å². The molecular weight excluding hydrogens is 145 g/mol. The molecule has 0 aliphatic carbocycles. The van der Waals surface area contributed by atoms with Crippen molar-refractivity contribution in [2.24, 2.45) is 0 Å². The summed E-state index contributed by atoms with van der Waals surface area (Å²) in [5.41, 5.74) is 0. The Hall–Kier alpha value is 0.0249. The summed E-state index contributed by atoms with van der Waals surface area (Å²) in [5, 5.41) is 0. The van der Waals surface area contributed by atoms with E-state index in [0.717, 1.165) is 6.04 Å². The van der Waals surface area contributed by atoms with Gasteiger partial charge in [-0.05, 0) is 25.9 Å². The van der Waals surface area contributed by atoms with Crippen LogP contribution in [0.25, 0.3) is 0 Å². The van der Waals surface area contributed by atoms with Gasteiger partial charge in [0.25, 0.3) is 0 Å². The van der Waals surface area contributed by atoms with Crippen LogP contribution in [0.4, 0.5) is 0 Å². The molecule has 0 saturated heterocycles. The molecule has 0 aliphatic rings. The summed E-state index contributed by atoms with van der Waals surface area (Å²) in [5.74, 6) is 0. The zero-order valence-electron chi connectivity index (χ0n) is 8.56. The average molecular weight is 171 g/mol. The largest absolute Gasteiger partial charge is 0.301 e. The summed E-state index contributed by atoms with van der Waals surface area (Å²) in [6.45, 7) is 11.5. The fraction of sp³-hybridized carbons (Fsp3) is 1.00. The monoisotopic (exact) mass is 171 g/mol. The van der Waals surface area contributed by atoms with Crippen LogP contribution in [0.1, 0.15) is 47.0 Å². The SMILES string of the molecule is B.CCCC(CC)N(CC)CC. The third-order valence-electron chi connectivity index (χ3n) is 2.42. The minimum atomic E-state index is 0. The summed E-state index contributed by atoms with van der Waals surface area (Å²) in [7, 11) is 0. The highest BCUT2D eigenvalue weighted by molar-refractivity contribution is 5.75. The maximum absolute atomic E-state index is 2.56. The molecule has 1 nitrogen and oxygen atoms in total. The first-order valence-corrected chi connectivity index (χ1v) is 5.04. The molecule has 74 valence electrons. The van der Waals surface area contributed by atoms with Gasteiger partial charge in [0, 0.05) is 6.04 Å². The average Bonchev–Trinajstić information content (AvgIpc) is 2.05. The Morgan fingerprint density at radius 2 is 1.50 bits per heavy atom. The Balaban J connectivity index is 0. The molecule has 1 atom stereocenters. The van der Waals surface area contributed by atoms with Crippen LogP contribution in [0.3, 0.4) is 0 Å². The molecule has 0 heterocycles. The fourth-order valence-corrected chi connectivity index (χ4v) is 1.72. The number of hydrogen-bond donors (Lipinski definition) is 0. The van der Waals surface area contributed by atoms with E-state index in [-0.39, 0.29) is 8.41 Å². The Bertz CT molecular complexity index is 81.9. The Morgan fingerprint density at radius 1 is 1.00 bits per heavy atom. The van der Waals surface area contributed by atoms with Gasteiger partial charge in [-0.3, -0.25) is 0 Å². The molecule has 0 spiro atoms. The molecule has 0 saturated carbocycles. The van der Waals surface area contributed by atoms with Gasteiger partial charge in [0.1, 0.15) is 0 Å². The lowest BCUT2D eigenvalue weighted by molar-refractivity contribution is 0.199. The number of rotatable bonds is 6. The van der Waals surface area contributed by atoms with Crippen LogP contribution in [0.2, 0.25) is 0 Å². The van der Waals surface area contributed by atoms with E-state index in [0.29, 0.717) is 0 Å². The molecule has 0 aromatic carbocycles. The van der Waals surface area contributed by atoms with Gasteiger partial charge in [0.2, 0.25) is 0 Å². The van der Waals surface area contributed by atoms with E-state index >= 15 is 0 Å². The molecule has 0 aromatic heterocycles. The van der Waals surface area contributed by atoms with Crippen molar-refractivity contribution in [1.29, 1.82) is 0 Å². The highest BCUT2D eigenvalue weighted by atomic mass is 15.1. The van der Waals surface area contributed by atoms with Crippen molar-refractivity contribution in [1.82, 2.24) is 4.90 Å². The molecule has 1 unspecified atom stereocenters. The quantitative estimate of drug-likeness (QED) is 0.550. The van der Waals surface area contributed by atoms with E-state index in [2.05, 4.69) is 32.6 Å². The highest BCUT2D eigenvalue weighted by Gasteiger charge is 2.10. The molecule has 0 bridgehead atoms. The maximum Gasteiger partial charge on any atom is 0.0814 e. The maximum atomic E-state index is 2.56. The topological polar surface area (TPSA) is 3.24 Å². The minimum absolute atomic E-state index is 0. The molecular formula is C10H26BN. The standard InChI is InChI=1S/C10H23N.BH3/c1-5-9-10(6-2)11(7-3)8-4;/h10H,5-9H2,1-4H3;1H3. The van der Waals surface area contributed by atoms with Crippen LogP contribution in [-0.2, 0) is 0 Å². The second kappa shape index (κ2) is 9.12. The lowest BCUT2D eigenvalue weighted by Crippen LogP contribution is -2.34. The Kier molecular flexibility index (Phi) is 11.0. The van der Waals surface area contributed by atoms with E-state index in [1.54, 1.807) is 0 Å². The first kappa shape index (κ1) is 14.5. The normalized spacial score (nSPS) is 12.8. The first-order valence-electron chi connectivity index (χ1n) is 5.04. The fourth-order valence-electron chi connectivity index (χ4n) is 1.72. The van der Waals surface area contributed by atoms with Gasteiger partial charge in [-0.15, -0.1) is 0 Å². The lowest BCUT2D eigenvalue weighted by atomic mass is 10.1. The number of hydrogen-bond acceptors (Lipinski definition) is 1. The van der Waals surface area contributed by atoms with Crippen molar-refractivity contribution in [2.75, 3.05) is 13.1 Å². The van der Waals surface area contributed by atoms with E-state index in [9.17, 15) is 0 Å². The first-order chi connectivity index (χ1) is 5.29. The van der Waals surface area contributed by atoms with Crippen LogP contribution < -0.4 is 0 Å². The van der Waals surface area contributed by atoms with E-state index < -0.39 is 0 Å². The molecule has 12 heavy (non-hydrogen) atoms. The van der Waals surface area contributed by atoms with Gasteiger partial charge in [-0.1, -0.05) is 34.1 Å². The molecule has 0 aromatic rings. The highest BCUT2D eigenvalue weighted by Crippen LogP contribution is 2.09. The van der Waals surface area contributed by atoms with Gasteiger partial charge >= 0.3 is 0 Å². The lowest BCUT2D eigenvalue weighted by Gasteiger charge is -2.28. The summed E-state index contributed by atoms with van der Waals surface area (Å²) in [6.07, 6.45) is 3.97. The minimum Gasteiger partial charge on any atom is -0.301 e. The third kappa shape index (κ3) is 4.81. The molecule has 0 radical (unpaired) electrons. The van der Waals surface area contributed by atoms with Gasteiger partial charge in [-0.25, -0.2) is 0 Å². The van der Waals surface area contributed by atoms with Crippen LogP contribution in [-0.4, -0.2) is 32.4 Å². The summed E-state index contributed by atoms with van der Waals surface area (Å²) in [6, 6.07) is 0.829. The number of nitrogens with zero attached hydrogens (tertiary/aromatic N) is 1. The summed E-state index contributed by atoms with van der Waals surface area (Å²) < 4.78 is 0. The van der Waals surface area contributed by atoms with Crippen LogP contribution in [0, 0.1) is 0 Å². The third-order valence-corrected chi connectivity index (χ3v) is 2.42. The van der Waals surface area contributed by atoms with Crippen molar-refractivity contribution >= 4 is 8.41 Å². The second-order valence-corrected chi connectivity index (χ2v) is 3.07. The zero-order chi connectivity index (χ0) is 8.69. The second-order valence-electron chi connectivity index (χ2n) is 3.07. The zero-order valence-corrected chi connectivity index (χ0v) is 8.56. The van der Waals surface area contributed by atoms with Gasteiger partial charge in [0.15, 0.2) is 0 Å². The molecule has 0 rings (SSSR count). The Labute approximate surface area is 80.1 Å². The molecule has 2 heteroatoms. The van der Waals surface area contributed by atoms with Crippen molar-refractivity contribution in [3.8, 4) is 0 Å². The summed E-state index contributed by atoms with van der Waals surface area (Å²) in [4.78, 5) is 2.56. The molecule has 0 aliphatic heterocycles. The van der Waals surface area contributed by atoms with Crippen molar-refractivity contribution in [3.63, 3.8) is 0 Å². The molecule has 0 N–H and O–H groups in total. The molecule has 0 fully saturated rings. The van der Waals surface area contributed by atoms with Crippen LogP contribution >= 0.6 is 0 Å². The van der Waals surface area contributed by atoms with E-state index in [4.69, 9.17) is 0 Å². The van der Waals surface area contributed by atoms with Crippen molar-refractivity contribution in [2.45, 2.75) is 53.0 Å². The van der Waals surface area contributed by atoms with Gasteiger partial charge < -0.3 is 4.90 Å². The van der Waals surface area contributed by atoms with Crippen LogP contribution in [0.15, 0.2) is 0 Å². The molecule has 0 amide bonds. The Morgan fingerprint density at radius 3 is 1.75 bits per heavy atom. The van der Waals surface area contributed by atoms with Crippen LogP contribution in [0.5, 0.6) is 0 Å². The predicted octanol–water partition coefficient (Wildman–Crippen LogP) is 1.72. The summed E-state index contributed by atoms with van der Waals surface area (Å²) >= 11 is 0.